The molecule has 0 bridgehead atoms. The van der Waals surface area contributed by atoms with E-state index in [0.717, 1.165) is 0 Å². The number of ether oxygens (including phenoxy) is 2. The maximum absolute atomic E-state index is 11.3. The van der Waals surface area contributed by atoms with Crippen molar-refractivity contribution in [2.45, 2.75) is 52.2 Å². The first kappa shape index (κ1) is 15.4. The lowest BCUT2D eigenvalue weighted by atomic mass is 10.1. The molecule has 16 heavy (non-hydrogen) atoms. The fourth-order valence-electron chi connectivity index (χ4n) is 0.901. The Hall–Kier alpha value is -0.610. The van der Waals surface area contributed by atoms with Crippen molar-refractivity contribution < 1.29 is 14.3 Å². The molecule has 0 rings (SSSR count). The monoisotopic (exact) mass is 231 g/mol. The van der Waals surface area contributed by atoms with E-state index in [4.69, 9.17) is 9.47 Å². The Morgan fingerprint density at radius 3 is 2.19 bits per heavy atom. The predicted octanol–water partition coefficient (Wildman–Crippen LogP) is 1.73. The summed E-state index contributed by atoms with van der Waals surface area (Å²) < 4.78 is 10.3. The van der Waals surface area contributed by atoms with Gasteiger partial charge in [-0.25, -0.2) is 0 Å². The van der Waals surface area contributed by atoms with Gasteiger partial charge in [-0.3, -0.25) is 4.79 Å². The second kappa shape index (κ2) is 6.21. The van der Waals surface area contributed by atoms with Crippen molar-refractivity contribution in [3.05, 3.63) is 0 Å². The minimum absolute atomic E-state index is 0.0647. The van der Waals surface area contributed by atoms with Gasteiger partial charge in [-0.05, 0) is 34.6 Å². The summed E-state index contributed by atoms with van der Waals surface area (Å²) in [7, 11) is 1.66. The number of carbonyl (C=O) groups excluding carboxylic acids is 1. The molecule has 0 radical (unpaired) electrons. The first-order valence-electron chi connectivity index (χ1n) is 5.62. The Kier molecular flexibility index (Phi) is 5.97. The summed E-state index contributed by atoms with van der Waals surface area (Å²) in [5.41, 5.74) is -0.303. The molecule has 0 aromatic rings. The van der Waals surface area contributed by atoms with Gasteiger partial charge in [0.1, 0.15) is 0 Å². The molecule has 4 nitrogen and oxygen atoms in total. The molecule has 0 saturated carbocycles. The van der Waals surface area contributed by atoms with Crippen LogP contribution in [0.5, 0.6) is 0 Å². The molecule has 4 heteroatoms. The second-order valence-corrected chi connectivity index (χ2v) is 5.54. The first-order chi connectivity index (χ1) is 7.16. The highest BCUT2D eigenvalue weighted by molar-refractivity contribution is 5.71. The van der Waals surface area contributed by atoms with Crippen molar-refractivity contribution in [1.82, 2.24) is 5.32 Å². The molecule has 0 aliphatic rings. The summed E-state index contributed by atoms with van der Waals surface area (Å²) in [6.07, 6.45) is 0.699. The van der Waals surface area contributed by atoms with Crippen molar-refractivity contribution in [3.63, 3.8) is 0 Å². The zero-order valence-corrected chi connectivity index (χ0v) is 11.3. The van der Waals surface area contributed by atoms with Crippen LogP contribution in [0.25, 0.3) is 0 Å². The van der Waals surface area contributed by atoms with Crippen LogP contribution in [0.3, 0.4) is 0 Å². The molecule has 0 atom stereocenters. The zero-order chi connectivity index (χ0) is 12.8. The molecule has 0 heterocycles. The summed E-state index contributed by atoms with van der Waals surface area (Å²) in [5, 5.41) is 3.08. The van der Waals surface area contributed by atoms with Crippen LogP contribution in [0, 0.1) is 0 Å². The topological polar surface area (TPSA) is 47.6 Å². The summed E-state index contributed by atoms with van der Waals surface area (Å²) in [6.45, 7) is 10.6. The number of methoxy groups -OCH3 is 1. The summed E-state index contributed by atoms with van der Waals surface area (Å²) in [6, 6.07) is 0. The van der Waals surface area contributed by atoms with Crippen LogP contribution in [0.4, 0.5) is 0 Å². The molecule has 96 valence electrons. The maximum atomic E-state index is 11.3. The van der Waals surface area contributed by atoms with E-state index in [9.17, 15) is 4.79 Å². The van der Waals surface area contributed by atoms with Gasteiger partial charge in [0.15, 0.2) is 0 Å². The van der Waals surface area contributed by atoms with E-state index < -0.39 is 0 Å². The fourth-order valence-corrected chi connectivity index (χ4v) is 0.901. The average molecular weight is 231 g/mol. The van der Waals surface area contributed by atoms with E-state index in [1.54, 1.807) is 7.11 Å². The summed E-state index contributed by atoms with van der Waals surface area (Å²) in [5.74, 6) is -0.221. The predicted molar refractivity (Wildman–Crippen MR) is 64.4 cm³/mol. The summed E-state index contributed by atoms with van der Waals surface area (Å²) >= 11 is 0. The average Bonchev–Trinajstić information content (AvgIpc) is 2.13. The smallest absolute Gasteiger partial charge is 0.319 e. The van der Waals surface area contributed by atoms with Gasteiger partial charge >= 0.3 is 5.97 Å². The van der Waals surface area contributed by atoms with E-state index in [1.807, 2.05) is 34.6 Å². The number of nitrogens with one attached hydrogen (secondary N) is 1. The fraction of sp³-hybridized carbons (Fsp3) is 0.917. The highest BCUT2D eigenvalue weighted by Gasteiger charge is 2.17. The quantitative estimate of drug-likeness (QED) is 0.707. The van der Waals surface area contributed by atoms with Crippen LogP contribution in [-0.4, -0.2) is 37.4 Å². The van der Waals surface area contributed by atoms with Crippen LogP contribution in [0.1, 0.15) is 41.0 Å². The van der Waals surface area contributed by atoms with Gasteiger partial charge in [0.05, 0.1) is 18.8 Å². The van der Waals surface area contributed by atoms with E-state index in [0.29, 0.717) is 13.0 Å². The number of carbonyl (C=O) groups is 1. The lowest BCUT2D eigenvalue weighted by molar-refractivity contribution is -0.144. The molecule has 0 aliphatic heterocycles. The third-order valence-corrected chi connectivity index (χ3v) is 2.28. The van der Waals surface area contributed by atoms with Crippen LogP contribution in [0.15, 0.2) is 0 Å². The van der Waals surface area contributed by atoms with Gasteiger partial charge in [0, 0.05) is 19.1 Å². The van der Waals surface area contributed by atoms with Gasteiger partial charge in [0.2, 0.25) is 0 Å². The minimum Gasteiger partial charge on any atom is -0.465 e. The maximum Gasteiger partial charge on any atom is 0.319 e. The van der Waals surface area contributed by atoms with Crippen LogP contribution in [0.2, 0.25) is 0 Å². The molecule has 0 aliphatic carbocycles. The third-order valence-electron chi connectivity index (χ3n) is 2.28. The Balaban J connectivity index is 3.67. The molecule has 0 aromatic heterocycles. The molecule has 0 aromatic carbocycles. The highest BCUT2D eigenvalue weighted by atomic mass is 16.5. The highest BCUT2D eigenvalue weighted by Crippen LogP contribution is 2.12. The van der Waals surface area contributed by atoms with E-state index in [2.05, 4.69) is 5.32 Å². The molecule has 0 spiro atoms. The Morgan fingerprint density at radius 1 is 1.19 bits per heavy atom. The molecule has 0 saturated heterocycles. The minimum atomic E-state index is -0.238. The largest absolute Gasteiger partial charge is 0.465 e. The molecule has 0 fully saturated rings. The normalized spacial score (nSPS) is 12.6. The van der Waals surface area contributed by atoms with E-state index in [-0.39, 0.29) is 23.7 Å². The van der Waals surface area contributed by atoms with Crippen molar-refractivity contribution >= 4 is 5.97 Å². The van der Waals surface area contributed by atoms with Gasteiger partial charge in [0.25, 0.3) is 0 Å². The van der Waals surface area contributed by atoms with E-state index >= 15 is 0 Å². The second-order valence-electron chi connectivity index (χ2n) is 5.54. The van der Waals surface area contributed by atoms with Gasteiger partial charge in [-0.2, -0.15) is 0 Å². The van der Waals surface area contributed by atoms with Crippen LogP contribution >= 0.6 is 0 Å². The lowest BCUT2D eigenvalue weighted by Crippen LogP contribution is -2.40. The lowest BCUT2D eigenvalue weighted by Gasteiger charge is -2.23. The molecule has 0 unspecified atom stereocenters. The number of hydrogen-bond acceptors (Lipinski definition) is 4. The molecule has 0 amide bonds. The number of hydrogen-bond donors (Lipinski definition) is 1. The summed E-state index contributed by atoms with van der Waals surface area (Å²) in [4.78, 5) is 11.3. The Morgan fingerprint density at radius 2 is 1.75 bits per heavy atom. The van der Waals surface area contributed by atoms with Gasteiger partial charge < -0.3 is 14.8 Å². The SMILES string of the molecule is COC(C)(C)CCOC(=O)CNC(C)(C)C. The van der Waals surface area contributed by atoms with Crippen LogP contribution < -0.4 is 5.32 Å². The van der Waals surface area contributed by atoms with Gasteiger partial charge in [-0.1, -0.05) is 0 Å². The van der Waals surface area contributed by atoms with Gasteiger partial charge in [-0.15, -0.1) is 0 Å². The Bertz CT molecular complexity index is 219. The van der Waals surface area contributed by atoms with E-state index in [1.165, 1.54) is 0 Å². The zero-order valence-electron chi connectivity index (χ0n) is 11.3. The van der Waals surface area contributed by atoms with Crippen molar-refractivity contribution in [2.75, 3.05) is 20.3 Å². The molecule has 1 N–H and O–H groups in total. The number of rotatable bonds is 6. The Labute approximate surface area is 98.7 Å². The third kappa shape index (κ3) is 8.68. The molecular formula is C12H25NO3. The standard InChI is InChI=1S/C12H25NO3/c1-11(2,3)13-9-10(14)16-8-7-12(4,5)15-6/h13H,7-9H2,1-6H3. The van der Waals surface area contributed by atoms with Crippen LogP contribution in [-0.2, 0) is 14.3 Å². The van der Waals surface area contributed by atoms with Crippen molar-refractivity contribution in [3.8, 4) is 0 Å². The van der Waals surface area contributed by atoms with Crippen molar-refractivity contribution in [1.29, 1.82) is 0 Å². The molecular weight excluding hydrogens is 206 g/mol. The first-order valence-corrected chi connectivity index (χ1v) is 5.62. The van der Waals surface area contributed by atoms with Crippen molar-refractivity contribution in [2.24, 2.45) is 0 Å². The number of esters is 1.